The van der Waals surface area contributed by atoms with Crippen LogP contribution in [0.5, 0.6) is 0 Å². The number of ether oxygens (including phenoxy) is 1. The monoisotopic (exact) mass is 806 g/mol. The zero-order chi connectivity index (χ0) is 42.1. The van der Waals surface area contributed by atoms with Crippen molar-refractivity contribution >= 4 is 18.1 Å². The van der Waals surface area contributed by atoms with Crippen molar-refractivity contribution in [3.63, 3.8) is 0 Å². The number of carboxylic acids is 1. The average molecular weight is 806 g/mol. The lowest BCUT2D eigenvalue weighted by molar-refractivity contribution is -0.246. The summed E-state index contributed by atoms with van der Waals surface area (Å²) < 4.78 is 5.04. The molecule has 0 aliphatic heterocycles. The molecule has 0 saturated heterocycles. The van der Waals surface area contributed by atoms with Crippen molar-refractivity contribution in [2.45, 2.75) is 233 Å². The first kappa shape index (κ1) is 54.6. The van der Waals surface area contributed by atoms with Gasteiger partial charge in [0.25, 0.3) is 0 Å². The normalized spacial score (nSPS) is 12.9. The van der Waals surface area contributed by atoms with Crippen LogP contribution < -0.4 is 0 Å². The molecule has 8 nitrogen and oxygen atoms in total. The van der Waals surface area contributed by atoms with Crippen molar-refractivity contribution in [2.75, 3.05) is 27.2 Å². The summed E-state index contributed by atoms with van der Waals surface area (Å²) in [4.78, 5) is 50.4. The van der Waals surface area contributed by atoms with Gasteiger partial charge in [-0.15, -0.1) is 0 Å². The van der Waals surface area contributed by atoms with E-state index in [1.165, 1.54) is 109 Å². The summed E-state index contributed by atoms with van der Waals surface area (Å²) in [6.45, 7) is 7.55. The van der Waals surface area contributed by atoms with Crippen LogP contribution in [0.4, 0.5) is 4.79 Å². The average Bonchev–Trinajstić information content (AvgIpc) is 3.19. The maximum Gasteiger partial charge on any atom is 0.549 e. The summed E-state index contributed by atoms with van der Waals surface area (Å²) in [5.74, 6) is -1.90. The topological polar surface area (TPSA) is 102 Å². The Hall–Kier alpha value is -2.35. The first-order chi connectivity index (χ1) is 27.7. The molecule has 0 spiro atoms. The number of unbranched alkanes of at least 4 members (excludes halogenated alkanes) is 23. The number of hydrogen-bond acceptors (Lipinski definition) is 7. The van der Waals surface area contributed by atoms with E-state index >= 15 is 0 Å². The molecule has 0 aliphatic rings. The van der Waals surface area contributed by atoms with Crippen molar-refractivity contribution in [1.29, 1.82) is 0 Å². The Morgan fingerprint density at radius 1 is 0.561 bits per heavy atom. The SMILES string of the molecule is CCCCC/C=C\C/C=C\CCCCCCCCCCCCC(CC(=O)OOC(=O)OCCCN(C)C)(C(=O)O)C(CCCCCCCC)CCCCCCCC. The molecule has 0 bridgehead atoms. The largest absolute Gasteiger partial charge is 0.549 e. The predicted octanol–water partition coefficient (Wildman–Crippen LogP) is 14.9. The van der Waals surface area contributed by atoms with Crippen LogP contribution in [0.3, 0.4) is 0 Å². The summed E-state index contributed by atoms with van der Waals surface area (Å²) in [5, 5.41) is 11.0. The smallest absolute Gasteiger partial charge is 0.481 e. The van der Waals surface area contributed by atoms with Crippen molar-refractivity contribution in [3.05, 3.63) is 24.3 Å². The summed E-state index contributed by atoms with van der Waals surface area (Å²) in [6, 6.07) is 0. The summed E-state index contributed by atoms with van der Waals surface area (Å²) in [6.07, 6.45) is 42.9. The third kappa shape index (κ3) is 33.2. The Morgan fingerprint density at radius 3 is 1.49 bits per heavy atom. The highest BCUT2D eigenvalue weighted by Crippen LogP contribution is 2.44. The molecule has 0 aromatic rings. The number of carbonyl (C=O) groups is 3. The van der Waals surface area contributed by atoms with Crippen LogP contribution in [0.2, 0.25) is 0 Å². The van der Waals surface area contributed by atoms with Crippen LogP contribution in [-0.2, 0) is 24.1 Å². The fraction of sp³-hybridized carbons (Fsp3) is 0.857. The molecule has 0 aliphatic carbocycles. The lowest BCUT2D eigenvalue weighted by Gasteiger charge is -2.37. The van der Waals surface area contributed by atoms with E-state index in [1.54, 1.807) is 0 Å². The number of hydrogen-bond donors (Lipinski definition) is 1. The number of allylic oxidation sites excluding steroid dienone is 4. The van der Waals surface area contributed by atoms with Gasteiger partial charge in [-0.2, -0.15) is 4.79 Å². The first-order valence-electron chi connectivity index (χ1n) is 24.0. The molecule has 8 heteroatoms. The molecular weight excluding hydrogens is 715 g/mol. The number of rotatable bonds is 41. The lowest BCUT2D eigenvalue weighted by Crippen LogP contribution is -2.41. The van der Waals surface area contributed by atoms with Gasteiger partial charge in [-0.3, -0.25) is 4.79 Å². The molecule has 0 radical (unpaired) electrons. The van der Waals surface area contributed by atoms with Gasteiger partial charge in [0.1, 0.15) is 0 Å². The number of nitrogens with zero attached hydrogens (tertiary/aromatic N) is 1. The van der Waals surface area contributed by atoms with Gasteiger partial charge >= 0.3 is 18.1 Å². The van der Waals surface area contributed by atoms with E-state index in [2.05, 4.69) is 45.1 Å². The minimum atomic E-state index is -1.26. The van der Waals surface area contributed by atoms with Crippen LogP contribution in [-0.4, -0.2) is 55.3 Å². The van der Waals surface area contributed by atoms with Crippen LogP contribution >= 0.6 is 0 Å². The van der Waals surface area contributed by atoms with E-state index in [1.807, 2.05) is 19.0 Å². The van der Waals surface area contributed by atoms with Crippen LogP contribution in [0, 0.1) is 11.3 Å². The number of aliphatic carboxylic acids is 1. The van der Waals surface area contributed by atoms with Gasteiger partial charge in [0.15, 0.2) is 0 Å². The molecule has 1 N–H and O–H groups in total. The second-order valence-corrected chi connectivity index (χ2v) is 17.0. The van der Waals surface area contributed by atoms with Gasteiger partial charge in [0.2, 0.25) is 0 Å². The standard InChI is InChI=1S/C49H91NO7/c1-6-9-12-15-18-19-20-21-22-23-24-25-26-27-28-29-30-31-34-37-41-49(47(52)53,44-46(51)56-57-48(54)55-43-38-42-50(4)5)45(39-35-32-16-13-10-7-2)40-36-33-17-14-11-8-3/h18-19,21-22,45H,6-17,20,23-44H2,1-5H3,(H,52,53)/b19-18-,22-21-. The number of carboxylic acid groups (broad SMARTS) is 1. The van der Waals surface area contributed by atoms with Gasteiger partial charge in [0.05, 0.1) is 18.4 Å². The zero-order valence-electron chi connectivity index (χ0n) is 38.0. The Labute approximate surface area is 351 Å². The molecule has 0 heterocycles. The summed E-state index contributed by atoms with van der Waals surface area (Å²) in [7, 11) is 3.86. The third-order valence-corrected chi connectivity index (χ3v) is 11.5. The molecule has 57 heavy (non-hydrogen) atoms. The fourth-order valence-corrected chi connectivity index (χ4v) is 7.90. The fourth-order valence-electron chi connectivity index (χ4n) is 7.90. The maximum atomic E-state index is 13.4. The summed E-state index contributed by atoms with van der Waals surface area (Å²) in [5.41, 5.74) is -1.26. The Balaban J connectivity index is 5.15. The highest BCUT2D eigenvalue weighted by molar-refractivity contribution is 5.82. The zero-order valence-corrected chi connectivity index (χ0v) is 38.0. The van der Waals surface area contributed by atoms with Crippen molar-refractivity contribution in [2.24, 2.45) is 11.3 Å². The highest BCUT2D eigenvalue weighted by Gasteiger charge is 2.47. The maximum absolute atomic E-state index is 13.4. The van der Waals surface area contributed by atoms with Gasteiger partial charge in [-0.25, -0.2) is 14.6 Å². The van der Waals surface area contributed by atoms with Gasteiger partial charge in [-0.05, 0) is 77.8 Å². The third-order valence-electron chi connectivity index (χ3n) is 11.5. The highest BCUT2D eigenvalue weighted by atomic mass is 17.2. The Bertz CT molecular complexity index is 980. The van der Waals surface area contributed by atoms with Crippen molar-refractivity contribution < 1.29 is 34.0 Å². The first-order valence-corrected chi connectivity index (χ1v) is 24.0. The van der Waals surface area contributed by atoms with Gasteiger partial charge in [0, 0.05) is 6.54 Å². The molecule has 0 rings (SSSR count). The van der Waals surface area contributed by atoms with Gasteiger partial charge < -0.3 is 14.7 Å². The van der Waals surface area contributed by atoms with E-state index < -0.39 is 23.5 Å². The molecule has 1 unspecified atom stereocenters. The van der Waals surface area contributed by atoms with E-state index in [-0.39, 0.29) is 18.9 Å². The Kier molecular flexibility index (Phi) is 38.8. The second kappa shape index (κ2) is 40.4. The predicted molar refractivity (Wildman–Crippen MR) is 238 cm³/mol. The Morgan fingerprint density at radius 2 is 1.00 bits per heavy atom. The lowest BCUT2D eigenvalue weighted by atomic mass is 9.65. The van der Waals surface area contributed by atoms with E-state index in [9.17, 15) is 19.5 Å². The van der Waals surface area contributed by atoms with Crippen molar-refractivity contribution in [1.82, 2.24) is 4.90 Å². The molecule has 0 fully saturated rings. The molecule has 0 aromatic heterocycles. The van der Waals surface area contributed by atoms with Crippen LogP contribution in [0.25, 0.3) is 0 Å². The van der Waals surface area contributed by atoms with Gasteiger partial charge in [-0.1, -0.05) is 193 Å². The minimum Gasteiger partial charge on any atom is -0.481 e. The van der Waals surface area contributed by atoms with Crippen LogP contribution in [0.1, 0.15) is 233 Å². The quantitative estimate of drug-likeness (QED) is 0.0214. The molecule has 1 atom stereocenters. The molecule has 334 valence electrons. The molecule has 0 aromatic carbocycles. The minimum absolute atomic E-state index is 0.141. The second-order valence-electron chi connectivity index (χ2n) is 17.0. The molecular formula is C49H91NO7. The molecule has 0 amide bonds. The number of carbonyl (C=O) groups excluding carboxylic acids is 2. The van der Waals surface area contributed by atoms with E-state index in [0.29, 0.717) is 12.8 Å². The van der Waals surface area contributed by atoms with E-state index in [0.717, 1.165) is 90.0 Å². The van der Waals surface area contributed by atoms with Crippen molar-refractivity contribution in [3.8, 4) is 0 Å². The summed E-state index contributed by atoms with van der Waals surface area (Å²) >= 11 is 0. The molecule has 0 saturated carbocycles. The van der Waals surface area contributed by atoms with E-state index in [4.69, 9.17) is 14.5 Å². The van der Waals surface area contributed by atoms with Crippen LogP contribution in [0.15, 0.2) is 24.3 Å².